The highest BCUT2D eigenvalue weighted by molar-refractivity contribution is 6.28. The van der Waals surface area contributed by atoms with E-state index in [4.69, 9.17) is 17.3 Å². The maximum atomic E-state index is 5.77. The third-order valence-electron chi connectivity index (χ3n) is 1.52. The van der Waals surface area contributed by atoms with Crippen LogP contribution in [0.15, 0.2) is 0 Å². The van der Waals surface area contributed by atoms with Gasteiger partial charge in [0.05, 0.1) is 6.04 Å². The molecule has 84 valence electrons. The second-order valence-corrected chi connectivity index (χ2v) is 4.79. The SMILES string of the molecule is CC(N)c1nc(Cl)nc(NC(C)(C)C)n1. The van der Waals surface area contributed by atoms with Crippen molar-refractivity contribution in [2.75, 3.05) is 5.32 Å². The zero-order valence-electron chi connectivity index (χ0n) is 9.37. The minimum atomic E-state index is -0.258. The van der Waals surface area contributed by atoms with Gasteiger partial charge in [0.15, 0.2) is 5.82 Å². The number of nitrogens with one attached hydrogen (secondary N) is 1. The number of nitrogens with zero attached hydrogens (tertiary/aromatic N) is 3. The summed E-state index contributed by atoms with van der Waals surface area (Å²) in [5.74, 6) is 0.941. The van der Waals surface area contributed by atoms with Gasteiger partial charge in [0.1, 0.15) is 0 Å². The van der Waals surface area contributed by atoms with Gasteiger partial charge in [0.25, 0.3) is 0 Å². The largest absolute Gasteiger partial charge is 0.349 e. The van der Waals surface area contributed by atoms with Gasteiger partial charge < -0.3 is 11.1 Å². The third kappa shape index (κ3) is 3.97. The fourth-order valence-electron chi connectivity index (χ4n) is 0.960. The first-order valence-corrected chi connectivity index (χ1v) is 5.11. The van der Waals surface area contributed by atoms with Crippen LogP contribution in [-0.4, -0.2) is 20.5 Å². The highest BCUT2D eigenvalue weighted by Gasteiger charge is 2.14. The van der Waals surface area contributed by atoms with Crippen molar-refractivity contribution in [1.82, 2.24) is 15.0 Å². The molecule has 1 atom stereocenters. The van der Waals surface area contributed by atoms with Crippen molar-refractivity contribution in [2.45, 2.75) is 39.3 Å². The molecular formula is C9H16ClN5. The third-order valence-corrected chi connectivity index (χ3v) is 1.69. The van der Waals surface area contributed by atoms with Crippen LogP contribution in [-0.2, 0) is 0 Å². The van der Waals surface area contributed by atoms with E-state index in [-0.39, 0.29) is 16.9 Å². The molecule has 1 rings (SSSR count). The summed E-state index contributed by atoms with van der Waals surface area (Å²) < 4.78 is 0. The predicted molar refractivity (Wildman–Crippen MR) is 60.8 cm³/mol. The number of hydrogen-bond acceptors (Lipinski definition) is 5. The molecule has 0 fully saturated rings. The summed E-state index contributed by atoms with van der Waals surface area (Å²) in [5, 5.41) is 3.27. The average molecular weight is 230 g/mol. The van der Waals surface area contributed by atoms with Gasteiger partial charge in [-0.3, -0.25) is 0 Å². The summed E-state index contributed by atoms with van der Waals surface area (Å²) in [4.78, 5) is 12.1. The number of nitrogens with two attached hydrogens (primary N) is 1. The molecule has 0 saturated heterocycles. The fourth-order valence-corrected chi connectivity index (χ4v) is 1.13. The van der Waals surface area contributed by atoms with Crippen LogP contribution in [0.5, 0.6) is 0 Å². The van der Waals surface area contributed by atoms with E-state index in [0.717, 1.165) is 0 Å². The van der Waals surface area contributed by atoms with Crippen molar-refractivity contribution >= 4 is 17.5 Å². The molecule has 0 radical (unpaired) electrons. The first-order valence-electron chi connectivity index (χ1n) is 4.73. The molecule has 15 heavy (non-hydrogen) atoms. The van der Waals surface area contributed by atoms with Gasteiger partial charge in [-0.1, -0.05) is 0 Å². The molecule has 1 aromatic rings. The highest BCUT2D eigenvalue weighted by atomic mass is 35.5. The first-order chi connectivity index (χ1) is 6.78. The van der Waals surface area contributed by atoms with E-state index >= 15 is 0 Å². The van der Waals surface area contributed by atoms with E-state index in [2.05, 4.69) is 20.3 Å². The number of halogens is 1. The van der Waals surface area contributed by atoms with Crippen LogP contribution in [0.3, 0.4) is 0 Å². The molecule has 6 heteroatoms. The predicted octanol–water partition coefficient (Wildman–Crippen LogP) is 1.76. The number of anilines is 1. The van der Waals surface area contributed by atoms with E-state index in [1.54, 1.807) is 6.92 Å². The van der Waals surface area contributed by atoms with Gasteiger partial charge in [-0.05, 0) is 39.3 Å². The molecule has 0 aromatic carbocycles. The van der Waals surface area contributed by atoms with Gasteiger partial charge in [-0.25, -0.2) is 4.98 Å². The lowest BCUT2D eigenvalue weighted by molar-refractivity contribution is 0.620. The molecule has 0 spiro atoms. The standard InChI is InChI=1S/C9H16ClN5/c1-5(11)6-12-7(10)14-8(13-6)15-9(2,3)4/h5H,11H2,1-4H3,(H,12,13,14,15). The summed E-state index contributed by atoms with van der Waals surface area (Å²) in [6.45, 7) is 7.83. The molecule has 5 nitrogen and oxygen atoms in total. The quantitative estimate of drug-likeness (QED) is 0.808. The molecule has 0 amide bonds. The maximum Gasteiger partial charge on any atom is 0.227 e. The Morgan fingerprint density at radius 2 is 1.87 bits per heavy atom. The molecule has 1 unspecified atom stereocenters. The molecule has 0 aliphatic carbocycles. The minimum absolute atomic E-state index is 0.125. The van der Waals surface area contributed by atoms with Crippen LogP contribution in [0.4, 0.5) is 5.95 Å². The zero-order chi connectivity index (χ0) is 11.6. The van der Waals surface area contributed by atoms with Crippen LogP contribution >= 0.6 is 11.6 Å². The van der Waals surface area contributed by atoms with Crippen molar-refractivity contribution in [3.8, 4) is 0 Å². The van der Waals surface area contributed by atoms with Gasteiger partial charge in [0, 0.05) is 5.54 Å². The van der Waals surface area contributed by atoms with E-state index in [0.29, 0.717) is 11.8 Å². The second kappa shape index (κ2) is 4.28. The lowest BCUT2D eigenvalue weighted by atomic mass is 10.1. The summed E-state index contributed by atoms with van der Waals surface area (Å²) >= 11 is 5.77. The second-order valence-electron chi connectivity index (χ2n) is 4.45. The Balaban J connectivity index is 2.99. The average Bonchev–Trinajstić information content (AvgIpc) is 1.99. The molecule has 0 bridgehead atoms. The fraction of sp³-hybridized carbons (Fsp3) is 0.667. The molecule has 1 heterocycles. The van der Waals surface area contributed by atoms with Crippen LogP contribution in [0, 0.1) is 0 Å². The lowest BCUT2D eigenvalue weighted by Gasteiger charge is -2.20. The van der Waals surface area contributed by atoms with Crippen molar-refractivity contribution in [3.05, 3.63) is 11.1 Å². The minimum Gasteiger partial charge on any atom is -0.349 e. The molecule has 3 N–H and O–H groups in total. The summed E-state index contributed by atoms with van der Waals surface area (Å²) in [6.07, 6.45) is 0. The van der Waals surface area contributed by atoms with Crippen molar-refractivity contribution in [1.29, 1.82) is 0 Å². The van der Waals surface area contributed by atoms with Crippen LogP contribution in [0.1, 0.15) is 39.6 Å². The normalized spacial score (nSPS) is 13.7. The first kappa shape index (κ1) is 12.1. The van der Waals surface area contributed by atoms with Gasteiger partial charge in [-0.15, -0.1) is 0 Å². The molecule has 0 aliphatic rings. The Morgan fingerprint density at radius 3 is 2.33 bits per heavy atom. The smallest absolute Gasteiger partial charge is 0.227 e. The molecular weight excluding hydrogens is 214 g/mol. The Hall–Kier alpha value is -0.940. The summed E-state index contributed by atoms with van der Waals surface area (Å²) in [7, 11) is 0. The number of aromatic nitrogens is 3. The van der Waals surface area contributed by atoms with Crippen molar-refractivity contribution in [3.63, 3.8) is 0 Å². The monoisotopic (exact) mass is 229 g/mol. The molecule has 0 aliphatic heterocycles. The Morgan fingerprint density at radius 1 is 1.27 bits per heavy atom. The summed E-state index contributed by atoms with van der Waals surface area (Å²) in [5.41, 5.74) is 5.55. The van der Waals surface area contributed by atoms with Gasteiger partial charge in [0.2, 0.25) is 11.2 Å². The van der Waals surface area contributed by atoms with Gasteiger partial charge >= 0.3 is 0 Å². The van der Waals surface area contributed by atoms with Crippen LogP contribution in [0.2, 0.25) is 5.28 Å². The maximum absolute atomic E-state index is 5.77. The molecule has 1 aromatic heterocycles. The van der Waals surface area contributed by atoms with Crippen LogP contribution in [0.25, 0.3) is 0 Å². The van der Waals surface area contributed by atoms with Gasteiger partial charge in [-0.2, -0.15) is 9.97 Å². The Bertz CT molecular complexity index is 345. The van der Waals surface area contributed by atoms with Crippen molar-refractivity contribution < 1.29 is 0 Å². The Labute approximate surface area is 94.5 Å². The summed E-state index contributed by atoms with van der Waals surface area (Å²) in [6, 6.07) is -0.258. The van der Waals surface area contributed by atoms with E-state index in [9.17, 15) is 0 Å². The highest BCUT2D eigenvalue weighted by Crippen LogP contribution is 2.14. The zero-order valence-corrected chi connectivity index (χ0v) is 10.1. The van der Waals surface area contributed by atoms with Crippen LogP contribution < -0.4 is 11.1 Å². The van der Waals surface area contributed by atoms with E-state index < -0.39 is 0 Å². The van der Waals surface area contributed by atoms with E-state index in [1.807, 2.05) is 20.8 Å². The number of rotatable bonds is 2. The Kier molecular flexibility index (Phi) is 3.46. The number of hydrogen-bond donors (Lipinski definition) is 2. The topological polar surface area (TPSA) is 76.7 Å². The van der Waals surface area contributed by atoms with E-state index in [1.165, 1.54) is 0 Å². The lowest BCUT2D eigenvalue weighted by Crippen LogP contribution is -2.28. The van der Waals surface area contributed by atoms with Crippen molar-refractivity contribution in [2.24, 2.45) is 5.73 Å². The molecule has 0 saturated carbocycles.